The summed E-state index contributed by atoms with van der Waals surface area (Å²) in [5.74, 6) is -0.0664. The Balaban J connectivity index is 1.75. The van der Waals surface area contributed by atoms with Gasteiger partial charge < -0.3 is 5.32 Å². The number of benzene rings is 3. The SMILES string of the molecule is O=C(Nc1ccccc1)[C@H](NCc1ccccc1)c1ccccc1. The van der Waals surface area contributed by atoms with E-state index < -0.39 is 6.04 Å². The van der Waals surface area contributed by atoms with E-state index in [2.05, 4.69) is 10.6 Å². The Bertz CT molecular complexity index is 758. The van der Waals surface area contributed by atoms with Gasteiger partial charge in [-0.05, 0) is 23.3 Å². The van der Waals surface area contributed by atoms with Crippen LogP contribution in [-0.2, 0) is 11.3 Å². The van der Waals surface area contributed by atoms with Crippen molar-refractivity contribution in [2.24, 2.45) is 0 Å². The maximum absolute atomic E-state index is 12.8. The summed E-state index contributed by atoms with van der Waals surface area (Å²) < 4.78 is 0. The summed E-state index contributed by atoms with van der Waals surface area (Å²) >= 11 is 0. The van der Waals surface area contributed by atoms with Crippen molar-refractivity contribution in [2.75, 3.05) is 5.32 Å². The van der Waals surface area contributed by atoms with E-state index in [1.54, 1.807) is 0 Å². The van der Waals surface area contributed by atoms with Crippen LogP contribution < -0.4 is 10.6 Å². The Morgan fingerprint density at radius 3 is 1.92 bits per heavy atom. The number of carbonyl (C=O) groups is 1. The van der Waals surface area contributed by atoms with Gasteiger partial charge in [0.05, 0.1) is 0 Å². The first kappa shape index (κ1) is 16.0. The summed E-state index contributed by atoms with van der Waals surface area (Å²) in [5.41, 5.74) is 2.89. The van der Waals surface area contributed by atoms with Gasteiger partial charge in [-0.15, -0.1) is 0 Å². The van der Waals surface area contributed by atoms with Gasteiger partial charge in [-0.25, -0.2) is 0 Å². The second kappa shape index (κ2) is 8.09. The van der Waals surface area contributed by atoms with E-state index in [1.807, 2.05) is 91.0 Å². The van der Waals surface area contributed by atoms with Crippen LogP contribution in [0.3, 0.4) is 0 Å². The third kappa shape index (κ3) is 4.31. The quantitative estimate of drug-likeness (QED) is 0.717. The molecule has 3 rings (SSSR count). The molecule has 0 saturated carbocycles. The van der Waals surface area contributed by atoms with Crippen molar-refractivity contribution < 1.29 is 4.79 Å². The predicted molar refractivity (Wildman–Crippen MR) is 97.5 cm³/mol. The molecule has 0 heterocycles. The second-order valence-electron chi connectivity index (χ2n) is 5.57. The van der Waals surface area contributed by atoms with E-state index >= 15 is 0 Å². The van der Waals surface area contributed by atoms with Crippen molar-refractivity contribution in [1.82, 2.24) is 5.32 Å². The molecule has 2 N–H and O–H groups in total. The molecule has 0 aliphatic carbocycles. The summed E-state index contributed by atoms with van der Waals surface area (Å²) in [5, 5.41) is 6.34. The van der Waals surface area contributed by atoms with E-state index in [-0.39, 0.29) is 5.91 Å². The van der Waals surface area contributed by atoms with E-state index in [0.717, 1.165) is 16.8 Å². The molecule has 0 saturated heterocycles. The van der Waals surface area contributed by atoms with E-state index in [9.17, 15) is 4.79 Å². The number of amides is 1. The van der Waals surface area contributed by atoms with Gasteiger partial charge in [0.1, 0.15) is 6.04 Å². The van der Waals surface area contributed by atoms with Gasteiger partial charge in [-0.1, -0.05) is 78.9 Å². The zero-order chi connectivity index (χ0) is 16.6. The van der Waals surface area contributed by atoms with Gasteiger partial charge in [0.25, 0.3) is 0 Å². The number of hydrogen-bond donors (Lipinski definition) is 2. The second-order valence-corrected chi connectivity index (χ2v) is 5.57. The molecule has 0 spiro atoms. The van der Waals surface area contributed by atoms with Gasteiger partial charge in [0.2, 0.25) is 5.91 Å². The average Bonchev–Trinajstić information content (AvgIpc) is 2.64. The monoisotopic (exact) mass is 316 g/mol. The van der Waals surface area contributed by atoms with Crippen LogP contribution in [0.25, 0.3) is 0 Å². The Kier molecular flexibility index (Phi) is 5.38. The summed E-state index contributed by atoms with van der Waals surface area (Å²) in [6.45, 7) is 0.628. The molecule has 0 aromatic heterocycles. The highest BCUT2D eigenvalue weighted by Gasteiger charge is 2.20. The fourth-order valence-corrected chi connectivity index (χ4v) is 2.56. The molecule has 3 heteroatoms. The zero-order valence-corrected chi connectivity index (χ0v) is 13.4. The van der Waals surface area contributed by atoms with Crippen LogP contribution in [0.5, 0.6) is 0 Å². The third-order valence-electron chi connectivity index (χ3n) is 3.79. The van der Waals surface area contributed by atoms with Crippen LogP contribution in [-0.4, -0.2) is 5.91 Å². The van der Waals surface area contributed by atoms with Gasteiger partial charge >= 0.3 is 0 Å². The molecule has 3 aromatic carbocycles. The van der Waals surface area contributed by atoms with Crippen LogP contribution in [0, 0.1) is 0 Å². The molecule has 1 amide bonds. The minimum absolute atomic E-state index is 0.0664. The van der Waals surface area contributed by atoms with Crippen molar-refractivity contribution >= 4 is 11.6 Å². The van der Waals surface area contributed by atoms with Crippen LogP contribution >= 0.6 is 0 Å². The van der Waals surface area contributed by atoms with Crippen LogP contribution in [0.4, 0.5) is 5.69 Å². The lowest BCUT2D eigenvalue weighted by Gasteiger charge is -2.19. The van der Waals surface area contributed by atoms with Gasteiger partial charge in [0, 0.05) is 12.2 Å². The van der Waals surface area contributed by atoms with Crippen LogP contribution in [0.2, 0.25) is 0 Å². The van der Waals surface area contributed by atoms with Crippen molar-refractivity contribution in [3.63, 3.8) is 0 Å². The third-order valence-corrected chi connectivity index (χ3v) is 3.79. The summed E-state index contributed by atoms with van der Waals surface area (Å²) in [6.07, 6.45) is 0. The summed E-state index contributed by atoms with van der Waals surface area (Å²) in [7, 11) is 0. The minimum atomic E-state index is -0.411. The highest BCUT2D eigenvalue weighted by molar-refractivity contribution is 5.95. The number of para-hydroxylation sites is 1. The average molecular weight is 316 g/mol. The molecular weight excluding hydrogens is 296 g/mol. The van der Waals surface area contributed by atoms with E-state index in [0.29, 0.717) is 6.54 Å². The molecule has 0 aliphatic heterocycles. The number of nitrogens with one attached hydrogen (secondary N) is 2. The summed E-state index contributed by atoms with van der Waals surface area (Å²) in [6, 6.07) is 29.0. The molecule has 3 nitrogen and oxygen atoms in total. The van der Waals surface area contributed by atoms with Gasteiger partial charge in [0.15, 0.2) is 0 Å². The Morgan fingerprint density at radius 2 is 1.29 bits per heavy atom. The van der Waals surface area contributed by atoms with Gasteiger partial charge in [-0.3, -0.25) is 10.1 Å². The van der Waals surface area contributed by atoms with Crippen molar-refractivity contribution in [2.45, 2.75) is 12.6 Å². The Morgan fingerprint density at radius 1 is 0.750 bits per heavy atom. The Labute approximate surface area is 142 Å². The smallest absolute Gasteiger partial charge is 0.246 e. The maximum Gasteiger partial charge on any atom is 0.246 e. The molecule has 0 fully saturated rings. The molecule has 1 atom stereocenters. The molecule has 120 valence electrons. The number of rotatable bonds is 6. The van der Waals surface area contributed by atoms with Crippen LogP contribution in [0.1, 0.15) is 17.2 Å². The maximum atomic E-state index is 12.8. The van der Waals surface area contributed by atoms with Crippen LogP contribution in [0.15, 0.2) is 91.0 Å². The molecule has 24 heavy (non-hydrogen) atoms. The first-order valence-corrected chi connectivity index (χ1v) is 8.01. The van der Waals surface area contributed by atoms with Crippen molar-refractivity contribution in [3.8, 4) is 0 Å². The fraction of sp³-hybridized carbons (Fsp3) is 0.0952. The summed E-state index contributed by atoms with van der Waals surface area (Å²) in [4.78, 5) is 12.8. The largest absolute Gasteiger partial charge is 0.324 e. The van der Waals surface area contributed by atoms with Crippen molar-refractivity contribution in [3.05, 3.63) is 102 Å². The predicted octanol–water partition coefficient (Wildman–Crippen LogP) is 4.16. The topological polar surface area (TPSA) is 41.1 Å². The zero-order valence-electron chi connectivity index (χ0n) is 13.4. The molecular formula is C21H20N2O. The van der Waals surface area contributed by atoms with E-state index in [4.69, 9.17) is 0 Å². The molecule has 0 bridgehead atoms. The Hall–Kier alpha value is -2.91. The normalized spacial score (nSPS) is 11.7. The fourth-order valence-electron chi connectivity index (χ4n) is 2.56. The van der Waals surface area contributed by atoms with Crippen molar-refractivity contribution in [1.29, 1.82) is 0 Å². The minimum Gasteiger partial charge on any atom is -0.324 e. The highest BCUT2D eigenvalue weighted by atomic mass is 16.2. The standard InChI is InChI=1S/C21H20N2O/c24-21(23-19-14-8-3-9-15-19)20(18-12-6-2-7-13-18)22-16-17-10-4-1-5-11-17/h1-15,20,22H,16H2,(H,23,24)/t20-/m1/s1. The number of anilines is 1. The lowest BCUT2D eigenvalue weighted by Crippen LogP contribution is -2.32. The molecule has 0 unspecified atom stereocenters. The highest BCUT2D eigenvalue weighted by Crippen LogP contribution is 2.17. The lowest BCUT2D eigenvalue weighted by molar-refractivity contribution is -0.118. The molecule has 0 radical (unpaired) electrons. The number of carbonyl (C=O) groups excluding carboxylic acids is 1. The first-order chi connectivity index (χ1) is 11.8. The number of hydrogen-bond acceptors (Lipinski definition) is 2. The molecule has 3 aromatic rings. The van der Waals surface area contributed by atoms with E-state index in [1.165, 1.54) is 0 Å². The van der Waals surface area contributed by atoms with Gasteiger partial charge in [-0.2, -0.15) is 0 Å². The lowest BCUT2D eigenvalue weighted by atomic mass is 10.1. The first-order valence-electron chi connectivity index (χ1n) is 8.01. The molecule has 0 aliphatic rings.